The van der Waals surface area contributed by atoms with Gasteiger partial charge in [-0.3, -0.25) is 4.79 Å². The van der Waals surface area contributed by atoms with E-state index in [1.807, 2.05) is 19.1 Å². The minimum Gasteiger partial charge on any atom is -0.493 e. The average molecular weight is 292 g/mol. The lowest BCUT2D eigenvalue weighted by molar-refractivity contribution is -0.136. The molecular weight excluding hydrogens is 264 g/mol. The second kappa shape index (κ2) is 8.06. The third-order valence-electron chi connectivity index (χ3n) is 4.14. The number of carbonyl (C=O) groups is 1. The number of carboxylic acid groups (broad SMARTS) is 1. The lowest BCUT2D eigenvalue weighted by atomic mass is 9.87. The van der Waals surface area contributed by atoms with Crippen LogP contribution in [0.1, 0.15) is 76.0 Å². The quantitative estimate of drug-likeness (QED) is 0.752. The molecule has 118 valence electrons. The summed E-state index contributed by atoms with van der Waals surface area (Å²) in [7, 11) is 0. The summed E-state index contributed by atoms with van der Waals surface area (Å²) in [6.07, 6.45) is 2.09. The van der Waals surface area contributed by atoms with E-state index in [9.17, 15) is 4.79 Å². The van der Waals surface area contributed by atoms with Gasteiger partial charge in [-0.05, 0) is 48.3 Å². The molecule has 0 aromatic heterocycles. The van der Waals surface area contributed by atoms with E-state index in [1.54, 1.807) is 0 Å². The molecule has 1 aromatic carbocycles. The highest BCUT2D eigenvalue weighted by Gasteiger charge is 2.20. The first-order valence-corrected chi connectivity index (χ1v) is 7.95. The van der Waals surface area contributed by atoms with Crippen molar-refractivity contribution < 1.29 is 14.6 Å². The molecule has 2 atom stereocenters. The Morgan fingerprint density at radius 2 is 1.57 bits per heavy atom. The lowest BCUT2D eigenvalue weighted by Crippen LogP contribution is -2.09. The van der Waals surface area contributed by atoms with Crippen LogP contribution in [0.25, 0.3) is 0 Å². The van der Waals surface area contributed by atoms with Gasteiger partial charge >= 0.3 is 5.97 Å². The van der Waals surface area contributed by atoms with Gasteiger partial charge in [0, 0.05) is 0 Å². The molecule has 1 aromatic rings. The van der Waals surface area contributed by atoms with E-state index in [-0.39, 0.29) is 6.42 Å². The normalized spacial score (nSPS) is 13.8. The van der Waals surface area contributed by atoms with Crippen molar-refractivity contribution >= 4 is 5.97 Å². The van der Waals surface area contributed by atoms with E-state index in [4.69, 9.17) is 9.84 Å². The molecule has 1 N–H and O–H groups in total. The van der Waals surface area contributed by atoms with E-state index in [2.05, 4.69) is 27.7 Å². The number of ether oxygens (including phenoxy) is 1. The van der Waals surface area contributed by atoms with Crippen LogP contribution in [0.15, 0.2) is 12.1 Å². The van der Waals surface area contributed by atoms with Crippen LogP contribution in [0.2, 0.25) is 0 Å². The highest BCUT2D eigenvalue weighted by Crippen LogP contribution is 2.38. The van der Waals surface area contributed by atoms with E-state index in [0.29, 0.717) is 18.4 Å². The minimum atomic E-state index is -0.788. The van der Waals surface area contributed by atoms with Gasteiger partial charge in [0.1, 0.15) is 5.75 Å². The van der Waals surface area contributed by atoms with Crippen molar-refractivity contribution in [3.8, 4) is 5.75 Å². The molecule has 0 saturated heterocycles. The summed E-state index contributed by atoms with van der Waals surface area (Å²) in [6.45, 7) is 11.3. The number of rotatable bonds is 8. The van der Waals surface area contributed by atoms with Gasteiger partial charge in [-0.25, -0.2) is 0 Å². The molecule has 0 aliphatic heterocycles. The Labute approximate surface area is 128 Å². The van der Waals surface area contributed by atoms with Crippen LogP contribution in [0.5, 0.6) is 5.75 Å². The van der Waals surface area contributed by atoms with Crippen molar-refractivity contribution in [3.05, 3.63) is 28.8 Å². The van der Waals surface area contributed by atoms with Gasteiger partial charge in [-0.2, -0.15) is 0 Å². The first-order chi connectivity index (χ1) is 9.94. The summed E-state index contributed by atoms with van der Waals surface area (Å²) in [5.41, 5.74) is 3.17. The summed E-state index contributed by atoms with van der Waals surface area (Å²) in [6, 6.07) is 4.03. The van der Waals surface area contributed by atoms with Gasteiger partial charge in [0.05, 0.1) is 13.0 Å². The fourth-order valence-corrected chi connectivity index (χ4v) is 2.50. The molecule has 0 amide bonds. The van der Waals surface area contributed by atoms with Crippen molar-refractivity contribution in [2.45, 2.75) is 65.7 Å². The van der Waals surface area contributed by atoms with Gasteiger partial charge in [0.15, 0.2) is 0 Å². The van der Waals surface area contributed by atoms with Crippen molar-refractivity contribution in [3.63, 3.8) is 0 Å². The molecule has 0 radical (unpaired) electrons. The van der Waals surface area contributed by atoms with E-state index >= 15 is 0 Å². The molecule has 3 nitrogen and oxygen atoms in total. The molecular formula is C18H28O3. The third-order valence-corrected chi connectivity index (χ3v) is 4.14. The highest BCUT2D eigenvalue weighted by atomic mass is 16.5. The summed E-state index contributed by atoms with van der Waals surface area (Å²) < 4.78 is 5.93. The number of hydrogen-bond donors (Lipinski definition) is 1. The minimum absolute atomic E-state index is 0.0687. The van der Waals surface area contributed by atoms with Gasteiger partial charge < -0.3 is 9.84 Å². The Hall–Kier alpha value is -1.51. The topological polar surface area (TPSA) is 46.5 Å². The monoisotopic (exact) mass is 292 g/mol. The molecule has 2 unspecified atom stereocenters. The van der Waals surface area contributed by atoms with Gasteiger partial charge in [-0.1, -0.05) is 39.8 Å². The molecule has 3 heteroatoms. The first-order valence-electron chi connectivity index (χ1n) is 7.95. The van der Waals surface area contributed by atoms with Crippen LogP contribution in [0, 0.1) is 0 Å². The maximum Gasteiger partial charge on any atom is 0.307 e. The number of carboxylic acids is 1. The SMILES string of the molecule is CCOc1c(C(C)CC)cc(CC(=O)O)cc1C(C)CC. The number of benzene rings is 1. The Balaban J connectivity index is 3.44. The lowest BCUT2D eigenvalue weighted by Gasteiger charge is -2.23. The number of hydrogen-bond acceptors (Lipinski definition) is 2. The fourth-order valence-electron chi connectivity index (χ4n) is 2.50. The predicted octanol–water partition coefficient (Wildman–Crippen LogP) is 4.74. The smallest absolute Gasteiger partial charge is 0.307 e. The largest absolute Gasteiger partial charge is 0.493 e. The summed E-state index contributed by atoms with van der Waals surface area (Å²) >= 11 is 0. The maximum atomic E-state index is 11.0. The zero-order valence-corrected chi connectivity index (χ0v) is 13.9. The Morgan fingerprint density at radius 3 is 1.90 bits per heavy atom. The maximum absolute atomic E-state index is 11.0. The Morgan fingerprint density at radius 1 is 1.10 bits per heavy atom. The average Bonchev–Trinajstić information content (AvgIpc) is 2.46. The van der Waals surface area contributed by atoms with Crippen LogP contribution in [-0.4, -0.2) is 17.7 Å². The molecule has 0 aliphatic carbocycles. The van der Waals surface area contributed by atoms with E-state index < -0.39 is 5.97 Å². The molecule has 0 saturated carbocycles. The summed E-state index contributed by atoms with van der Waals surface area (Å²) in [5.74, 6) is 0.908. The molecule has 0 bridgehead atoms. The van der Waals surface area contributed by atoms with Gasteiger partial charge in [-0.15, -0.1) is 0 Å². The van der Waals surface area contributed by atoms with Crippen LogP contribution in [0.3, 0.4) is 0 Å². The fraction of sp³-hybridized carbons (Fsp3) is 0.611. The summed E-state index contributed by atoms with van der Waals surface area (Å²) in [4.78, 5) is 11.0. The van der Waals surface area contributed by atoms with Crippen LogP contribution >= 0.6 is 0 Å². The van der Waals surface area contributed by atoms with Crippen molar-refractivity contribution in [2.24, 2.45) is 0 Å². The van der Waals surface area contributed by atoms with Crippen molar-refractivity contribution in [2.75, 3.05) is 6.61 Å². The Bertz CT molecular complexity index is 448. The molecule has 0 spiro atoms. The predicted molar refractivity (Wildman–Crippen MR) is 86.4 cm³/mol. The van der Waals surface area contributed by atoms with Crippen LogP contribution in [-0.2, 0) is 11.2 Å². The van der Waals surface area contributed by atoms with E-state index in [0.717, 1.165) is 35.3 Å². The zero-order valence-electron chi connectivity index (χ0n) is 13.9. The van der Waals surface area contributed by atoms with Crippen LogP contribution in [0.4, 0.5) is 0 Å². The van der Waals surface area contributed by atoms with Crippen LogP contribution < -0.4 is 4.74 Å². The summed E-state index contributed by atoms with van der Waals surface area (Å²) in [5, 5.41) is 9.08. The second-order valence-electron chi connectivity index (χ2n) is 5.73. The zero-order chi connectivity index (χ0) is 16.0. The molecule has 1 rings (SSSR count). The van der Waals surface area contributed by atoms with E-state index in [1.165, 1.54) is 0 Å². The second-order valence-corrected chi connectivity index (χ2v) is 5.73. The highest BCUT2D eigenvalue weighted by molar-refractivity contribution is 5.70. The molecule has 0 aliphatic rings. The number of aliphatic carboxylic acids is 1. The van der Waals surface area contributed by atoms with Crippen molar-refractivity contribution in [1.82, 2.24) is 0 Å². The van der Waals surface area contributed by atoms with Crippen molar-refractivity contribution in [1.29, 1.82) is 0 Å². The molecule has 0 fully saturated rings. The molecule has 0 heterocycles. The third kappa shape index (κ3) is 4.48. The molecule has 21 heavy (non-hydrogen) atoms. The van der Waals surface area contributed by atoms with Gasteiger partial charge in [0.2, 0.25) is 0 Å². The van der Waals surface area contributed by atoms with Gasteiger partial charge in [0.25, 0.3) is 0 Å². The first kappa shape index (κ1) is 17.5. The standard InChI is InChI=1S/C18H28O3/c1-6-12(4)15-9-14(11-17(19)20)10-16(13(5)7-2)18(15)21-8-3/h9-10,12-13H,6-8,11H2,1-5H3,(H,19,20). The Kier molecular flexibility index (Phi) is 6.73.